The highest BCUT2D eigenvalue weighted by Crippen LogP contribution is 2.40. The first-order valence-corrected chi connectivity index (χ1v) is 14.2. The molecule has 3 heterocycles. The van der Waals surface area contributed by atoms with Crippen LogP contribution in [0, 0.1) is 0 Å². The lowest BCUT2D eigenvalue weighted by atomic mass is 10.0. The molecule has 1 N–H and O–H groups in total. The highest BCUT2D eigenvalue weighted by molar-refractivity contribution is 6.13. The molecule has 0 amide bonds. The second-order valence-electron chi connectivity index (χ2n) is 10.6. The third kappa shape index (κ3) is 4.10. The van der Waals surface area contributed by atoms with Crippen molar-refractivity contribution < 1.29 is 8.83 Å². The molecule has 0 aliphatic carbocycles. The molecule has 0 aliphatic heterocycles. The van der Waals surface area contributed by atoms with E-state index in [0.717, 1.165) is 60.7 Å². The Balaban J connectivity index is 0.000000723. The molecule has 6 aromatic carbocycles. The van der Waals surface area contributed by atoms with Crippen molar-refractivity contribution in [3.63, 3.8) is 0 Å². The van der Waals surface area contributed by atoms with E-state index in [9.17, 15) is 0 Å². The van der Waals surface area contributed by atoms with E-state index in [1.54, 1.807) is 0 Å². The van der Waals surface area contributed by atoms with Gasteiger partial charge in [0.05, 0.1) is 11.0 Å². The van der Waals surface area contributed by atoms with Gasteiger partial charge in [0.2, 0.25) is 0 Å². The van der Waals surface area contributed by atoms with Crippen LogP contribution in [0.15, 0.2) is 136 Å². The van der Waals surface area contributed by atoms with E-state index in [0.29, 0.717) is 0 Å². The Morgan fingerprint density at radius 1 is 0.488 bits per heavy atom. The minimum absolute atomic E-state index is 0. The summed E-state index contributed by atoms with van der Waals surface area (Å²) < 4.78 is 14.8. The zero-order valence-corrected chi connectivity index (χ0v) is 23.4. The number of fused-ring (bicyclic) bond motifs is 9. The smallest absolute Gasteiger partial charge is 0.143 e. The van der Waals surface area contributed by atoms with Crippen LogP contribution >= 0.6 is 0 Å². The van der Waals surface area contributed by atoms with E-state index in [4.69, 9.17) is 8.83 Å². The summed E-state index contributed by atoms with van der Waals surface area (Å²) in [5.74, 6) is 0. The number of rotatable bonds is 2. The van der Waals surface area contributed by atoms with Crippen molar-refractivity contribution in [3.8, 4) is 16.8 Å². The minimum Gasteiger partial charge on any atom is -0.456 e. The summed E-state index contributed by atoms with van der Waals surface area (Å²) in [6.45, 7) is 0. The third-order valence-corrected chi connectivity index (χ3v) is 8.01. The number of para-hydroxylation sites is 4. The Labute approximate surface area is 249 Å². The van der Waals surface area contributed by atoms with Gasteiger partial charge in [-0.3, -0.25) is 0 Å². The number of aromatic nitrogens is 1. The molecule has 0 aliphatic rings. The normalized spacial score (nSPS) is 11.4. The van der Waals surface area contributed by atoms with Crippen molar-refractivity contribution in [2.45, 2.75) is 7.43 Å². The van der Waals surface area contributed by atoms with Gasteiger partial charge in [-0.25, -0.2) is 0 Å². The van der Waals surface area contributed by atoms with E-state index < -0.39 is 0 Å². The zero-order valence-electron chi connectivity index (χ0n) is 23.4. The van der Waals surface area contributed by atoms with Gasteiger partial charge in [-0.2, -0.15) is 0 Å². The summed E-state index contributed by atoms with van der Waals surface area (Å²) in [5, 5.41) is 9.75. The summed E-state index contributed by atoms with van der Waals surface area (Å²) in [6.07, 6.45) is 0. The number of nitrogens with one attached hydrogen (secondary N) is 1. The van der Waals surface area contributed by atoms with Gasteiger partial charge >= 0.3 is 0 Å². The molecular formula is C39H32N2O2. The number of nitrogens with zero attached hydrogens (tertiary/aromatic N) is 1. The number of benzene rings is 6. The number of furan rings is 2. The molecule has 210 valence electrons. The summed E-state index contributed by atoms with van der Waals surface area (Å²) in [5.41, 5.74) is 9.38. The molecule has 9 rings (SSSR count). The SMILES string of the molecule is C.CNC.c1ccc2c(c1)oc1ccc(-n3c4ccccc4c4cc(-c5cccc6c5oc5ccccc56)ccc43)cc12. The Morgan fingerprint density at radius 2 is 1.09 bits per heavy atom. The second kappa shape index (κ2) is 10.5. The van der Waals surface area contributed by atoms with E-state index in [2.05, 4.69) is 113 Å². The summed E-state index contributed by atoms with van der Waals surface area (Å²) in [6, 6.07) is 44.8. The van der Waals surface area contributed by atoms with Crippen molar-refractivity contribution in [2.24, 2.45) is 0 Å². The van der Waals surface area contributed by atoms with Crippen molar-refractivity contribution >= 4 is 65.7 Å². The van der Waals surface area contributed by atoms with Crippen molar-refractivity contribution in [2.75, 3.05) is 14.1 Å². The molecule has 4 nitrogen and oxygen atoms in total. The fraction of sp³-hybridized carbons (Fsp3) is 0.0769. The first-order chi connectivity index (χ1) is 20.7. The average molecular weight is 561 g/mol. The Kier molecular flexibility index (Phi) is 6.49. The van der Waals surface area contributed by atoms with Crippen LogP contribution in [0.4, 0.5) is 0 Å². The van der Waals surface area contributed by atoms with E-state index in [1.807, 2.05) is 38.4 Å². The molecule has 9 aromatic rings. The molecular weight excluding hydrogens is 528 g/mol. The highest BCUT2D eigenvalue weighted by atomic mass is 16.3. The number of hydrogen-bond donors (Lipinski definition) is 1. The molecule has 0 spiro atoms. The third-order valence-electron chi connectivity index (χ3n) is 8.01. The van der Waals surface area contributed by atoms with Crippen LogP contribution in [0.5, 0.6) is 0 Å². The quantitative estimate of drug-likeness (QED) is 0.229. The predicted molar refractivity (Wildman–Crippen MR) is 182 cm³/mol. The van der Waals surface area contributed by atoms with Gasteiger partial charge in [0.15, 0.2) is 0 Å². The highest BCUT2D eigenvalue weighted by Gasteiger charge is 2.17. The van der Waals surface area contributed by atoms with E-state index >= 15 is 0 Å². The predicted octanol–water partition coefficient (Wildman–Crippen LogP) is 10.7. The molecule has 0 bridgehead atoms. The molecule has 43 heavy (non-hydrogen) atoms. The Morgan fingerprint density at radius 3 is 1.88 bits per heavy atom. The van der Waals surface area contributed by atoms with E-state index in [1.165, 1.54) is 21.8 Å². The first kappa shape index (κ1) is 26.6. The van der Waals surface area contributed by atoms with Crippen LogP contribution in [0.2, 0.25) is 0 Å². The van der Waals surface area contributed by atoms with Crippen LogP contribution < -0.4 is 5.32 Å². The molecule has 3 aromatic heterocycles. The largest absolute Gasteiger partial charge is 0.456 e. The lowest BCUT2D eigenvalue weighted by Crippen LogP contribution is -1.93. The van der Waals surface area contributed by atoms with Crippen molar-refractivity contribution in [1.29, 1.82) is 0 Å². The van der Waals surface area contributed by atoms with Crippen molar-refractivity contribution in [3.05, 3.63) is 127 Å². The average Bonchev–Trinajstić information content (AvgIpc) is 3.70. The van der Waals surface area contributed by atoms with Gasteiger partial charge in [-0.15, -0.1) is 0 Å². The molecule has 0 saturated heterocycles. The van der Waals surface area contributed by atoms with Gasteiger partial charge in [0, 0.05) is 43.6 Å². The molecule has 0 fully saturated rings. The van der Waals surface area contributed by atoms with Crippen molar-refractivity contribution in [1.82, 2.24) is 9.88 Å². The molecule has 0 radical (unpaired) electrons. The fourth-order valence-corrected chi connectivity index (χ4v) is 6.25. The van der Waals surface area contributed by atoms with Crippen LogP contribution in [0.25, 0.3) is 82.5 Å². The Bertz CT molecular complexity index is 2420. The molecule has 0 atom stereocenters. The van der Waals surface area contributed by atoms with Gasteiger partial charge in [-0.1, -0.05) is 86.3 Å². The maximum absolute atomic E-state index is 6.37. The van der Waals surface area contributed by atoms with E-state index in [-0.39, 0.29) is 7.43 Å². The monoisotopic (exact) mass is 560 g/mol. The van der Waals surface area contributed by atoms with Gasteiger partial charge in [-0.05, 0) is 68.2 Å². The fourth-order valence-electron chi connectivity index (χ4n) is 6.25. The molecule has 0 saturated carbocycles. The van der Waals surface area contributed by atoms with Crippen LogP contribution in [-0.2, 0) is 0 Å². The summed E-state index contributed by atoms with van der Waals surface area (Å²) >= 11 is 0. The first-order valence-electron chi connectivity index (χ1n) is 14.2. The minimum atomic E-state index is 0. The van der Waals surface area contributed by atoms with Crippen LogP contribution in [0.3, 0.4) is 0 Å². The zero-order chi connectivity index (χ0) is 28.2. The number of hydrogen-bond acceptors (Lipinski definition) is 3. The Hall–Kier alpha value is -5.32. The molecule has 4 heteroatoms. The van der Waals surface area contributed by atoms with Crippen LogP contribution in [0.1, 0.15) is 7.43 Å². The summed E-state index contributed by atoms with van der Waals surface area (Å²) in [4.78, 5) is 0. The second-order valence-corrected chi connectivity index (χ2v) is 10.6. The maximum atomic E-state index is 6.37. The molecule has 0 unspecified atom stereocenters. The van der Waals surface area contributed by atoms with Gasteiger partial charge < -0.3 is 18.7 Å². The van der Waals surface area contributed by atoms with Gasteiger partial charge in [0.25, 0.3) is 0 Å². The lowest BCUT2D eigenvalue weighted by Gasteiger charge is -2.09. The summed E-state index contributed by atoms with van der Waals surface area (Å²) in [7, 11) is 3.75. The standard InChI is InChI=1S/C36H21NO2.C2H7N.CH4/c1-4-13-31-25(8-1)29-20-22(24-11-7-12-28-26-9-2-6-15-34(26)39-36(24)28)16-18-32(29)37(31)23-17-19-35-30(21-23)27-10-3-5-14-33(27)38-35;1-3-2;/h1-21H;3H,1-2H3;1H4. The lowest BCUT2D eigenvalue weighted by molar-refractivity contribution is 0.669. The maximum Gasteiger partial charge on any atom is 0.143 e. The van der Waals surface area contributed by atoms with Gasteiger partial charge in [0.1, 0.15) is 22.3 Å². The van der Waals surface area contributed by atoms with Crippen LogP contribution in [-0.4, -0.2) is 18.7 Å². The topological polar surface area (TPSA) is 43.2 Å².